The maximum absolute atomic E-state index is 9.57. The summed E-state index contributed by atoms with van der Waals surface area (Å²) in [6.07, 6.45) is 4.96. The average Bonchev–Trinajstić information content (AvgIpc) is 2.78. The molecule has 1 aliphatic heterocycles. The highest BCUT2D eigenvalue weighted by Crippen LogP contribution is 2.47. The van der Waals surface area contributed by atoms with Gasteiger partial charge in [0.05, 0.1) is 18.3 Å². The largest absolute Gasteiger partial charge is 0.393 e. The Morgan fingerprint density at radius 2 is 2.23 bits per heavy atom. The van der Waals surface area contributed by atoms with Gasteiger partial charge in [-0.05, 0) is 33.1 Å². The first-order valence-electron chi connectivity index (χ1n) is 5.09. The molecular weight excluding hydrogens is 164 g/mol. The normalized spacial score (nSPS) is 43.3. The van der Waals surface area contributed by atoms with Crippen LogP contribution in [0.2, 0.25) is 0 Å². The zero-order valence-electron chi connectivity index (χ0n) is 8.42. The molecule has 1 N–H and O–H groups in total. The van der Waals surface area contributed by atoms with E-state index in [1.807, 2.05) is 0 Å². The molecule has 0 radical (unpaired) electrons. The van der Waals surface area contributed by atoms with Crippen LogP contribution in [0, 0.1) is 5.92 Å². The van der Waals surface area contributed by atoms with Crippen LogP contribution in [0.1, 0.15) is 33.1 Å². The van der Waals surface area contributed by atoms with Crippen LogP contribution in [-0.4, -0.2) is 23.4 Å². The molecule has 1 saturated carbocycles. The third-order valence-electron chi connectivity index (χ3n) is 3.15. The molecule has 2 nitrogen and oxygen atoms in total. The highest BCUT2D eigenvalue weighted by atomic mass is 16.6. The zero-order valence-corrected chi connectivity index (χ0v) is 8.42. The average molecular weight is 182 g/mol. The summed E-state index contributed by atoms with van der Waals surface area (Å²) >= 11 is 0. The molecule has 0 bridgehead atoms. The molecule has 0 amide bonds. The Kier molecular flexibility index (Phi) is 2.20. The lowest BCUT2D eigenvalue weighted by Crippen LogP contribution is -2.33. The number of ether oxygens (including phenoxy) is 1. The van der Waals surface area contributed by atoms with Crippen molar-refractivity contribution in [2.24, 2.45) is 5.92 Å². The second-order valence-electron chi connectivity index (χ2n) is 4.63. The Hall–Kier alpha value is -0.340. The Morgan fingerprint density at radius 3 is 2.77 bits per heavy atom. The molecule has 1 saturated heterocycles. The van der Waals surface area contributed by atoms with Crippen molar-refractivity contribution < 1.29 is 9.84 Å². The Morgan fingerprint density at radius 1 is 1.54 bits per heavy atom. The van der Waals surface area contributed by atoms with Crippen molar-refractivity contribution in [3.63, 3.8) is 0 Å². The number of aliphatic hydroxyl groups excluding tert-OH is 1. The number of aliphatic hydroxyl groups is 1. The van der Waals surface area contributed by atoms with Crippen LogP contribution >= 0.6 is 0 Å². The minimum atomic E-state index is -0.115. The van der Waals surface area contributed by atoms with Crippen LogP contribution in [0.4, 0.5) is 0 Å². The van der Waals surface area contributed by atoms with E-state index in [0.717, 1.165) is 25.9 Å². The Bertz CT molecular complexity index is 224. The summed E-state index contributed by atoms with van der Waals surface area (Å²) < 4.78 is 5.54. The maximum atomic E-state index is 9.57. The first-order chi connectivity index (χ1) is 6.12. The predicted molar refractivity (Wildman–Crippen MR) is 51.5 cm³/mol. The third-order valence-corrected chi connectivity index (χ3v) is 3.15. The van der Waals surface area contributed by atoms with Crippen LogP contribution in [0.5, 0.6) is 0 Å². The molecule has 2 fully saturated rings. The lowest BCUT2D eigenvalue weighted by molar-refractivity contribution is 0.0653. The second kappa shape index (κ2) is 3.10. The van der Waals surface area contributed by atoms with E-state index in [4.69, 9.17) is 4.74 Å². The molecule has 0 aromatic rings. The number of hydrogen-bond acceptors (Lipinski definition) is 2. The summed E-state index contributed by atoms with van der Waals surface area (Å²) in [7, 11) is 0. The summed E-state index contributed by atoms with van der Waals surface area (Å²) in [6.45, 7) is 5.11. The monoisotopic (exact) mass is 182 g/mol. The molecule has 0 unspecified atom stereocenters. The van der Waals surface area contributed by atoms with Gasteiger partial charge in [-0.3, -0.25) is 0 Å². The fraction of sp³-hybridized carbons (Fsp3) is 0.818. The van der Waals surface area contributed by atoms with E-state index in [1.165, 1.54) is 5.57 Å². The van der Waals surface area contributed by atoms with Gasteiger partial charge in [-0.15, -0.1) is 0 Å². The minimum Gasteiger partial charge on any atom is -0.393 e. The molecule has 13 heavy (non-hydrogen) atoms. The molecule has 1 heterocycles. The van der Waals surface area contributed by atoms with Crippen LogP contribution in [0.15, 0.2) is 11.6 Å². The van der Waals surface area contributed by atoms with Gasteiger partial charge >= 0.3 is 0 Å². The molecular formula is C11H18O2. The van der Waals surface area contributed by atoms with E-state index in [-0.39, 0.29) is 11.7 Å². The van der Waals surface area contributed by atoms with Crippen molar-refractivity contribution in [2.45, 2.75) is 44.8 Å². The van der Waals surface area contributed by atoms with Gasteiger partial charge < -0.3 is 9.84 Å². The van der Waals surface area contributed by atoms with Gasteiger partial charge in [0.25, 0.3) is 0 Å². The Balaban J connectivity index is 2.09. The van der Waals surface area contributed by atoms with E-state index in [9.17, 15) is 5.11 Å². The molecule has 2 aliphatic rings. The summed E-state index contributed by atoms with van der Waals surface area (Å²) in [5.41, 5.74) is 1.45. The minimum absolute atomic E-state index is 0.115. The SMILES string of the molecule is CC(C)=C[C@H]1C[C@@H](O)CC[C@]12CO2. The van der Waals surface area contributed by atoms with Gasteiger partial charge in [0.1, 0.15) is 0 Å². The number of rotatable bonds is 1. The molecule has 3 atom stereocenters. The molecule has 74 valence electrons. The highest BCUT2D eigenvalue weighted by molar-refractivity contribution is 5.12. The number of hydrogen-bond donors (Lipinski definition) is 1. The highest BCUT2D eigenvalue weighted by Gasteiger charge is 2.52. The number of epoxide rings is 1. The van der Waals surface area contributed by atoms with Gasteiger partial charge in [0.15, 0.2) is 0 Å². The van der Waals surface area contributed by atoms with Gasteiger partial charge in [-0.1, -0.05) is 11.6 Å². The van der Waals surface area contributed by atoms with Crippen LogP contribution < -0.4 is 0 Å². The molecule has 2 rings (SSSR count). The quantitative estimate of drug-likeness (QED) is 0.496. The zero-order chi connectivity index (χ0) is 9.47. The summed E-state index contributed by atoms with van der Waals surface area (Å²) in [4.78, 5) is 0. The van der Waals surface area contributed by atoms with Gasteiger partial charge in [-0.2, -0.15) is 0 Å². The van der Waals surface area contributed by atoms with E-state index in [1.54, 1.807) is 0 Å². The molecule has 1 spiro atoms. The van der Waals surface area contributed by atoms with E-state index >= 15 is 0 Å². The second-order valence-corrected chi connectivity index (χ2v) is 4.63. The third kappa shape index (κ3) is 1.79. The maximum Gasteiger partial charge on any atom is 0.0980 e. The van der Waals surface area contributed by atoms with Crippen molar-refractivity contribution in [1.29, 1.82) is 0 Å². The number of allylic oxidation sites excluding steroid dienone is 1. The van der Waals surface area contributed by atoms with Crippen LogP contribution in [0.25, 0.3) is 0 Å². The first kappa shape index (κ1) is 9.22. The fourth-order valence-electron chi connectivity index (χ4n) is 2.30. The van der Waals surface area contributed by atoms with Crippen molar-refractivity contribution >= 4 is 0 Å². The lowest BCUT2D eigenvalue weighted by Gasteiger charge is -2.30. The predicted octanol–water partition coefficient (Wildman–Crippen LogP) is 1.88. The summed E-state index contributed by atoms with van der Waals surface area (Å²) in [5.74, 6) is 0.446. The lowest BCUT2D eigenvalue weighted by atomic mass is 9.77. The summed E-state index contributed by atoms with van der Waals surface area (Å²) in [5, 5.41) is 9.57. The molecule has 2 heteroatoms. The summed E-state index contributed by atoms with van der Waals surface area (Å²) in [6, 6.07) is 0. The van der Waals surface area contributed by atoms with Crippen molar-refractivity contribution in [3.05, 3.63) is 11.6 Å². The first-order valence-corrected chi connectivity index (χ1v) is 5.09. The van der Waals surface area contributed by atoms with E-state index < -0.39 is 0 Å². The molecule has 0 aromatic heterocycles. The van der Waals surface area contributed by atoms with Crippen molar-refractivity contribution in [3.8, 4) is 0 Å². The van der Waals surface area contributed by atoms with Gasteiger partial charge in [0, 0.05) is 5.92 Å². The van der Waals surface area contributed by atoms with Crippen molar-refractivity contribution in [2.75, 3.05) is 6.61 Å². The van der Waals surface area contributed by atoms with Gasteiger partial charge in [0.2, 0.25) is 0 Å². The standard InChI is InChI=1S/C11H18O2/c1-8(2)5-9-6-10(12)3-4-11(9)7-13-11/h5,9-10,12H,3-4,6-7H2,1-2H3/t9-,10-,11-/m0/s1. The molecule has 1 aliphatic carbocycles. The fourth-order valence-corrected chi connectivity index (χ4v) is 2.30. The van der Waals surface area contributed by atoms with Crippen molar-refractivity contribution in [1.82, 2.24) is 0 Å². The van der Waals surface area contributed by atoms with Crippen LogP contribution in [0.3, 0.4) is 0 Å². The molecule has 0 aromatic carbocycles. The Labute approximate surface area is 79.6 Å². The topological polar surface area (TPSA) is 32.8 Å². The van der Waals surface area contributed by atoms with E-state index in [0.29, 0.717) is 5.92 Å². The van der Waals surface area contributed by atoms with Crippen LogP contribution in [-0.2, 0) is 4.74 Å². The van der Waals surface area contributed by atoms with Gasteiger partial charge in [-0.25, -0.2) is 0 Å². The van der Waals surface area contributed by atoms with E-state index in [2.05, 4.69) is 19.9 Å². The smallest absolute Gasteiger partial charge is 0.0980 e.